The zero-order valence-corrected chi connectivity index (χ0v) is 18.9. The second kappa shape index (κ2) is 7.39. The van der Waals surface area contributed by atoms with Crippen molar-refractivity contribution in [3.63, 3.8) is 0 Å². The molecule has 0 aliphatic carbocycles. The molecule has 2 heteroatoms. The van der Waals surface area contributed by atoms with E-state index in [1.807, 2.05) is 0 Å². The highest BCUT2D eigenvalue weighted by atomic mass is 16.3. The monoisotopic (exact) mass is 406 g/mol. The summed E-state index contributed by atoms with van der Waals surface area (Å²) in [6.07, 6.45) is 2.17. The Hall–Kier alpha value is -3.39. The van der Waals surface area contributed by atoms with Gasteiger partial charge in [0.1, 0.15) is 18.2 Å². The molecule has 5 aromatic rings. The number of aryl methyl sites for hydroxylation is 3. The van der Waals surface area contributed by atoms with Gasteiger partial charge in [-0.1, -0.05) is 56.3 Å². The molecule has 0 fully saturated rings. The first-order valence-electron chi connectivity index (χ1n) is 11.0. The summed E-state index contributed by atoms with van der Waals surface area (Å²) in [6, 6.07) is 23.8. The second-order valence-electron chi connectivity index (χ2n) is 8.82. The smallest absolute Gasteiger partial charge is 0.212 e. The molecule has 0 saturated heterocycles. The van der Waals surface area contributed by atoms with Crippen LogP contribution in [0.1, 0.15) is 36.5 Å². The molecule has 0 spiro atoms. The molecule has 0 N–H and O–H groups in total. The summed E-state index contributed by atoms with van der Waals surface area (Å²) in [7, 11) is 2.12. The van der Waals surface area contributed by atoms with Crippen molar-refractivity contribution in [3.8, 4) is 22.4 Å². The molecule has 2 aromatic heterocycles. The molecule has 0 atom stereocenters. The van der Waals surface area contributed by atoms with Gasteiger partial charge in [-0.15, -0.1) is 0 Å². The zero-order valence-electron chi connectivity index (χ0n) is 18.9. The molecular weight excluding hydrogens is 378 g/mol. The van der Waals surface area contributed by atoms with Gasteiger partial charge in [0.05, 0.1) is 0 Å². The third-order valence-corrected chi connectivity index (χ3v) is 6.46. The van der Waals surface area contributed by atoms with Gasteiger partial charge < -0.3 is 4.42 Å². The Morgan fingerprint density at radius 3 is 2.29 bits per heavy atom. The van der Waals surface area contributed by atoms with E-state index in [1.165, 1.54) is 44.3 Å². The maximum atomic E-state index is 6.48. The lowest BCUT2D eigenvalue weighted by Gasteiger charge is -2.10. The van der Waals surface area contributed by atoms with Gasteiger partial charge >= 0.3 is 0 Å². The van der Waals surface area contributed by atoms with E-state index in [9.17, 15) is 0 Å². The summed E-state index contributed by atoms with van der Waals surface area (Å²) in [5.41, 5.74) is 10.6. The molecule has 5 rings (SSSR count). The molecule has 3 aromatic carbocycles. The summed E-state index contributed by atoms with van der Waals surface area (Å²) in [6.45, 7) is 8.89. The van der Waals surface area contributed by atoms with Gasteiger partial charge in [0.2, 0.25) is 5.69 Å². The van der Waals surface area contributed by atoms with Crippen LogP contribution in [0.5, 0.6) is 0 Å². The Morgan fingerprint density at radius 2 is 1.55 bits per heavy atom. The number of pyridine rings is 1. The molecule has 0 aliphatic rings. The molecular formula is C29H28NO+. The normalized spacial score (nSPS) is 11.7. The lowest BCUT2D eigenvalue weighted by Crippen LogP contribution is -2.30. The quantitative estimate of drug-likeness (QED) is 0.284. The van der Waals surface area contributed by atoms with Gasteiger partial charge in [-0.25, -0.2) is 4.57 Å². The average molecular weight is 407 g/mol. The third kappa shape index (κ3) is 3.14. The molecule has 2 heterocycles. The molecule has 154 valence electrons. The number of benzene rings is 3. The Balaban J connectivity index is 1.82. The van der Waals surface area contributed by atoms with Gasteiger partial charge in [0.25, 0.3) is 0 Å². The first kappa shape index (κ1) is 19.6. The largest absolute Gasteiger partial charge is 0.455 e. The summed E-state index contributed by atoms with van der Waals surface area (Å²) in [5, 5.41) is 2.44. The van der Waals surface area contributed by atoms with Gasteiger partial charge in [0.15, 0.2) is 6.20 Å². The van der Waals surface area contributed by atoms with Gasteiger partial charge in [-0.05, 0) is 54.2 Å². The molecule has 0 bridgehead atoms. The molecule has 2 nitrogen and oxygen atoms in total. The van der Waals surface area contributed by atoms with Crippen molar-refractivity contribution in [1.82, 2.24) is 0 Å². The van der Waals surface area contributed by atoms with Crippen LogP contribution in [0.15, 0.2) is 77.3 Å². The van der Waals surface area contributed by atoms with Crippen LogP contribution < -0.4 is 4.57 Å². The maximum absolute atomic E-state index is 6.48. The number of fused-ring (bicyclic) bond motifs is 3. The van der Waals surface area contributed by atoms with Crippen LogP contribution in [0.4, 0.5) is 0 Å². The summed E-state index contributed by atoms with van der Waals surface area (Å²) in [5.74, 6) is 0.495. The van der Waals surface area contributed by atoms with Crippen molar-refractivity contribution < 1.29 is 8.98 Å². The van der Waals surface area contributed by atoms with Crippen LogP contribution in [0, 0.1) is 13.8 Å². The summed E-state index contributed by atoms with van der Waals surface area (Å²) in [4.78, 5) is 0. The Labute approximate surface area is 183 Å². The molecule has 31 heavy (non-hydrogen) atoms. The highest BCUT2D eigenvalue weighted by Crippen LogP contribution is 2.41. The summed E-state index contributed by atoms with van der Waals surface area (Å²) < 4.78 is 8.69. The number of hydrogen-bond donors (Lipinski definition) is 0. The number of aromatic nitrogens is 1. The van der Waals surface area contributed by atoms with Crippen molar-refractivity contribution in [2.45, 2.75) is 33.6 Å². The van der Waals surface area contributed by atoms with E-state index in [-0.39, 0.29) is 0 Å². The lowest BCUT2D eigenvalue weighted by atomic mass is 9.94. The van der Waals surface area contributed by atoms with Crippen LogP contribution in [0.3, 0.4) is 0 Å². The van der Waals surface area contributed by atoms with Crippen LogP contribution in [0.25, 0.3) is 44.3 Å². The van der Waals surface area contributed by atoms with E-state index in [0.717, 1.165) is 16.7 Å². The minimum absolute atomic E-state index is 0.495. The van der Waals surface area contributed by atoms with Crippen LogP contribution in [0.2, 0.25) is 0 Å². The van der Waals surface area contributed by atoms with Crippen molar-refractivity contribution in [2.24, 2.45) is 7.05 Å². The van der Waals surface area contributed by atoms with Crippen LogP contribution in [-0.2, 0) is 7.05 Å². The first-order chi connectivity index (χ1) is 15.0. The fourth-order valence-corrected chi connectivity index (χ4v) is 4.63. The van der Waals surface area contributed by atoms with Crippen LogP contribution in [-0.4, -0.2) is 0 Å². The van der Waals surface area contributed by atoms with Gasteiger partial charge in [-0.2, -0.15) is 0 Å². The van der Waals surface area contributed by atoms with E-state index in [4.69, 9.17) is 4.42 Å². The zero-order chi connectivity index (χ0) is 21.7. The molecule has 0 unspecified atom stereocenters. The van der Waals surface area contributed by atoms with Gasteiger partial charge in [0, 0.05) is 34.0 Å². The SMILES string of the molecule is Cc1c(-c2cc(C(C)C)cc[n+]2C)ccc2oc3c(-c4ccccc4)ccc(C)c3c12. The first-order valence-corrected chi connectivity index (χ1v) is 11.0. The lowest BCUT2D eigenvalue weighted by molar-refractivity contribution is -0.660. The Kier molecular flexibility index (Phi) is 4.66. The van der Waals surface area contributed by atoms with Crippen molar-refractivity contribution >= 4 is 21.9 Å². The third-order valence-electron chi connectivity index (χ3n) is 6.46. The second-order valence-corrected chi connectivity index (χ2v) is 8.82. The van der Waals surface area contributed by atoms with E-state index < -0.39 is 0 Å². The standard InChI is InChI=1S/C29H28NO/c1-18(2)22-15-16-30(5)25(17-22)23-13-14-26-28(20(23)4)27-19(3)11-12-24(29(27)31-26)21-9-7-6-8-10-21/h6-18H,1-5H3/q+1. The minimum atomic E-state index is 0.495. The van der Waals surface area contributed by atoms with Crippen molar-refractivity contribution in [1.29, 1.82) is 0 Å². The average Bonchev–Trinajstić information content (AvgIpc) is 3.17. The molecule has 0 aliphatic heterocycles. The number of furan rings is 1. The molecule has 0 amide bonds. The van der Waals surface area contributed by atoms with Gasteiger partial charge in [-0.3, -0.25) is 0 Å². The van der Waals surface area contributed by atoms with E-state index >= 15 is 0 Å². The van der Waals surface area contributed by atoms with E-state index in [1.54, 1.807) is 0 Å². The summed E-state index contributed by atoms with van der Waals surface area (Å²) >= 11 is 0. The number of rotatable bonds is 3. The number of nitrogens with zero attached hydrogens (tertiary/aromatic N) is 1. The van der Waals surface area contributed by atoms with E-state index in [2.05, 4.69) is 112 Å². The van der Waals surface area contributed by atoms with Crippen molar-refractivity contribution in [3.05, 3.63) is 89.6 Å². The van der Waals surface area contributed by atoms with E-state index in [0.29, 0.717) is 5.92 Å². The highest BCUT2D eigenvalue weighted by Gasteiger charge is 2.21. The Morgan fingerprint density at radius 1 is 0.806 bits per heavy atom. The molecule has 0 radical (unpaired) electrons. The predicted molar refractivity (Wildman–Crippen MR) is 129 cm³/mol. The maximum Gasteiger partial charge on any atom is 0.212 e. The fraction of sp³-hybridized carbons (Fsp3) is 0.207. The minimum Gasteiger partial charge on any atom is -0.455 e. The predicted octanol–water partition coefficient (Wildman–Crippen LogP) is 7.48. The van der Waals surface area contributed by atoms with Crippen LogP contribution >= 0.6 is 0 Å². The highest BCUT2D eigenvalue weighted by molar-refractivity contribution is 6.13. The topological polar surface area (TPSA) is 17.0 Å². The molecule has 0 saturated carbocycles. The fourth-order valence-electron chi connectivity index (χ4n) is 4.63. The van der Waals surface area contributed by atoms with Crippen molar-refractivity contribution in [2.75, 3.05) is 0 Å². The Bertz CT molecular complexity index is 1420. The number of hydrogen-bond acceptors (Lipinski definition) is 1.